The minimum Gasteiger partial charge on any atom is -0.374 e. The third kappa shape index (κ3) is 3.76. The number of carbonyl (C=O) groups excluding carboxylic acids is 1. The summed E-state index contributed by atoms with van der Waals surface area (Å²) in [5, 5.41) is 3.18. The van der Waals surface area contributed by atoms with E-state index in [1.807, 2.05) is 47.5 Å². The number of hydrogen-bond acceptors (Lipinski definition) is 3. The predicted octanol–water partition coefficient (Wildman–Crippen LogP) is 5.33. The molecule has 1 fully saturated rings. The number of hydrogen-bond donors (Lipinski definition) is 1. The topological polar surface area (TPSA) is 39.3 Å². The Labute approximate surface area is 180 Å². The molecule has 4 aromatic rings. The van der Waals surface area contributed by atoms with Crippen LogP contribution in [0.2, 0.25) is 0 Å². The number of benzene rings is 2. The molecule has 30 heavy (non-hydrogen) atoms. The highest BCUT2D eigenvalue weighted by molar-refractivity contribution is 7.13. The Balaban J connectivity index is 1.28. The molecule has 5 rings (SSSR count). The normalized spacial score (nSPS) is 14.7. The molecule has 1 N–H and O–H groups in total. The average Bonchev–Trinajstić information content (AvgIpc) is 3.47. The Morgan fingerprint density at radius 1 is 0.967 bits per heavy atom. The van der Waals surface area contributed by atoms with Crippen LogP contribution in [-0.4, -0.2) is 46.9 Å². The summed E-state index contributed by atoms with van der Waals surface area (Å²) in [5.41, 5.74) is 4.17. The number of rotatable bonds is 4. The molecule has 0 atom stereocenters. The molecular formula is C25H23N3OS. The van der Waals surface area contributed by atoms with Crippen molar-refractivity contribution in [2.24, 2.45) is 0 Å². The number of aromatic amines is 1. The van der Waals surface area contributed by atoms with Gasteiger partial charge in [0.1, 0.15) is 0 Å². The van der Waals surface area contributed by atoms with Gasteiger partial charge in [0.25, 0.3) is 5.91 Å². The fraction of sp³-hybridized carbons (Fsp3) is 0.160. The van der Waals surface area contributed by atoms with Gasteiger partial charge in [-0.25, -0.2) is 0 Å². The number of carbonyl (C=O) groups is 1. The number of nitrogens with zero attached hydrogens (tertiary/aromatic N) is 2. The van der Waals surface area contributed by atoms with Gasteiger partial charge >= 0.3 is 0 Å². The number of thiophene rings is 1. The summed E-state index contributed by atoms with van der Waals surface area (Å²) in [4.78, 5) is 21.9. The van der Waals surface area contributed by atoms with Crippen LogP contribution in [0.5, 0.6) is 0 Å². The lowest BCUT2D eigenvalue weighted by Gasteiger charge is -2.34. The number of nitrogens with one attached hydrogen (secondary N) is 1. The molecule has 1 saturated heterocycles. The van der Waals surface area contributed by atoms with Crippen molar-refractivity contribution in [1.29, 1.82) is 0 Å². The molecule has 4 nitrogen and oxygen atoms in total. The van der Waals surface area contributed by atoms with E-state index in [1.165, 1.54) is 10.4 Å². The zero-order valence-corrected chi connectivity index (χ0v) is 17.4. The summed E-state index contributed by atoms with van der Waals surface area (Å²) in [7, 11) is 0. The first-order valence-corrected chi connectivity index (χ1v) is 11.1. The monoisotopic (exact) mass is 413 g/mol. The summed E-state index contributed by atoms with van der Waals surface area (Å²) in [6, 6.07) is 20.4. The second kappa shape index (κ2) is 8.20. The van der Waals surface area contributed by atoms with Crippen LogP contribution in [0.4, 0.5) is 0 Å². The van der Waals surface area contributed by atoms with E-state index in [0.717, 1.165) is 48.2 Å². The highest BCUT2D eigenvalue weighted by Gasteiger charge is 2.21. The van der Waals surface area contributed by atoms with Crippen molar-refractivity contribution in [2.75, 3.05) is 26.2 Å². The van der Waals surface area contributed by atoms with Gasteiger partial charge in [-0.1, -0.05) is 36.4 Å². The third-order valence-corrected chi connectivity index (χ3v) is 6.50. The molecule has 5 heteroatoms. The lowest BCUT2D eigenvalue weighted by Crippen LogP contribution is -2.46. The summed E-state index contributed by atoms with van der Waals surface area (Å²) in [5.74, 6) is 0.113. The summed E-state index contributed by atoms with van der Waals surface area (Å²) in [6.07, 6.45) is 6.29. The van der Waals surface area contributed by atoms with Crippen LogP contribution >= 0.6 is 11.3 Å². The van der Waals surface area contributed by atoms with E-state index >= 15 is 0 Å². The molecule has 0 spiro atoms. The molecule has 1 aliphatic rings. The highest BCUT2D eigenvalue weighted by atomic mass is 32.1. The average molecular weight is 414 g/mol. The molecule has 1 amide bonds. The smallest absolute Gasteiger partial charge is 0.253 e. The van der Waals surface area contributed by atoms with Crippen molar-refractivity contribution in [1.82, 2.24) is 14.8 Å². The molecule has 0 saturated carbocycles. The quantitative estimate of drug-likeness (QED) is 0.491. The van der Waals surface area contributed by atoms with Crippen LogP contribution in [-0.2, 0) is 0 Å². The fourth-order valence-corrected chi connectivity index (χ4v) is 4.66. The Kier molecular flexibility index (Phi) is 5.11. The van der Waals surface area contributed by atoms with Gasteiger partial charge < -0.3 is 14.8 Å². The van der Waals surface area contributed by atoms with E-state index in [9.17, 15) is 4.79 Å². The standard InChI is InChI=1S/C25H23N3OS/c29-25(28-14-12-27(13-15-28)11-10-19-5-2-1-3-6-19)20-8-9-23-21(17-20)22(18-26-23)24-7-4-16-30-24/h1-11,16-18,26H,12-15H2. The van der Waals surface area contributed by atoms with Gasteiger partial charge in [-0.05, 0) is 47.5 Å². The zero-order chi connectivity index (χ0) is 20.3. The molecule has 150 valence electrons. The number of fused-ring (bicyclic) bond motifs is 1. The molecule has 2 aromatic carbocycles. The van der Waals surface area contributed by atoms with Crippen molar-refractivity contribution in [3.8, 4) is 10.4 Å². The molecule has 2 aromatic heterocycles. The maximum atomic E-state index is 13.1. The Morgan fingerprint density at radius 3 is 2.57 bits per heavy atom. The first-order valence-electron chi connectivity index (χ1n) is 10.2. The van der Waals surface area contributed by atoms with Crippen molar-refractivity contribution in [2.45, 2.75) is 0 Å². The summed E-state index contributed by atoms with van der Waals surface area (Å²) in [6.45, 7) is 3.17. The van der Waals surface area contributed by atoms with E-state index in [0.29, 0.717) is 0 Å². The SMILES string of the molecule is O=C(c1ccc2[nH]cc(-c3cccs3)c2c1)N1CCN(C=Cc2ccccc2)CC1. The molecule has 1 aliphatic heterocycles. The van der Waals surface area contributed by atoms with Crippen molar-refractivity contribution >= 4 is 34.2 Å². The van der Waals surface area contributed by atoms with Gasteiger partial charge in [0.15, 0.2) is 0 Å². The minimum absolute atomic E-state index is 0.113. The van der Waals surface area contributed by atoms with Crippen molar-refractivity contribution in [3.63, 3.8) is 0 Å². The van der Waals surface area contributed by atoms with E-state index in [-0.39, 0.29) is 5.91 Å². The molecular weight excluding hydrogens is 390 g/mol. The third-order valence-electron chi connectivity index (χ3n) is 5.59. The molecule has 0 bridgehead atoms. The van der Waals surface area contributed by atoms with Gasteiger partial charge in [-0.15, -0.1) is 11.3 Å². The number of aromatic nitrogens is 1. The van der Waals surface area contributed by atoms with E-state index in [4.69, 9.17) is 0 Å². The van der Waals surface area contributed by atoms with Crippen LogP contribution in [0.25, 0.3) is 27.4 Å². The number of piperazine rings is 1. The van der Waals surface area contributed by atoms with Gasteiger partial charge in [-0.2, -0.15) is 0 Å². The number of H-pyrrole nitrogens is 1. The Hall–Kier alpha value is -3.31. The second-order valence-corrected chi connectivity index (χ2v) is 8.44. The maximum absolute atomic E-state index is 13.1. The predicted molar refractivity (Wildman–Crippen MR) is 125 cm³/mol. The largest absolute Gasteiger partial charge is 0.374 e. The lowest BCUT2D eigenvalue weighted by molar-refractivity contribution is 0.0680. The van der Waals surface area contributed by atoms with Crippen LogP contribution < -0.4 is 0 Å². The fourth-order valence-electron chi connectivity index (χ4n) is 3.90. The van der Waals surface area contributed by atoms with Gasteiger partial charge in [0.05, 0.1) is 0 Å². The van der Waals surface area contributed by atoms with Gasteiger partial charge in [-0.3, -0.25) is 4.79 Å². The maximum Gasteiger partial charge on any atom is 0.253 e. The van der Waals surface area contributed by atoms with Crippen LogP contribution in [0.1, 0.15) is 15.9 Å². The zero-order valence-electron chi connectivity index (χ0n) is 16.6. The first kappa shape index (κ1) is 18.7. The molecule has 0 radical (unpaired) electrons. The van der Waals surface area contributed by atoms with Gasteiger partial charge in [0, 0.05) is 59.3 Å². The second-order valence-electron chi connectivity index (χ2n) is 7.49. The molecule has 0 aliphatic carbocycles. The van der Waals surface area contributed by atoms with Crippen molar-refractivity contribution < 1.29 is 4.79 Å². The Morgan fingerprint density at radius 2 is 1.80 bits per heavy atom. The lowest BCUT2D eigenvalue weighted by atomic mass is 10.1. The molecule has 0 unspecified atom stereocenters. The number of amides is 1. The van der Waals surface area contributed by atoms with Crippen LogP contribution in [0.15, 0.2) is 78.4 Å². The molecule has 3 heterocycles. The van der Waals surface area contributed by atoms with E-state index in [2.05, 4.69) is 51.8 Å². The van der Waals surface area contributed by atoms with Crippen LogP contribution in [0, 0.1) is 0 Å². The highest BCUT2D eigenvalue weighted by Crippen LogP contribution is 2.32. The Bertz CT molecular complexity index is 1170. The minimum atomic E-state index is 0.113. The summed E-state index contributed by atoms with van der Waals surface area (Å²) < 4.78 is 0. The van der Waals surface area contributed by atoms with E-state index < -0.39 is 0 Å². The first-order chi connectivity index (χ1) is 14.8. The van der Waals surface area contributed by atoms with Gasteiger partial charge in [0.2, 0.25) is 0 Å². The summed E-state index contributed by atoms with van der Waals surface area (Å²) >= 11 is 1.71. The van der Waals surface area contributed by atoms with E-state index in [1.54, 1.807) is 11.3 Å². The van der Waals surface area contributed by atoms with Crippen LogP contribution in [0.3, 0.4) is 0 Å². The van der Waals surface area contributed by atoms with Crippen molar-refractivity contribution in [3.05, 3.63) is 89.6 Å².